The number of fused-ring (bicyclic) bond motifs is 1. The molecule has 1 aliphatic rings. The molecule has 0 amide bonds. The van der Waals surface area contributed by atoms with Crippen LogP contribution in [0.4, 0.5) is 0 Å². The fourth-order valence-electron chi connectivity index (χ4n) is 1.15. The number of para-hydroxylation sites is 1. The molecule has 2 rings (SSSR count). The minimum atomic E-state index is -0.417. The number of benzene rings is 1. The lowest BCUT2D eigenvalue weighted by atomic mass is 10.2. The van der Waals surface area contributed by atoms with Crippen LogP contribution in [0.1, 0.15) is 5.56 Å². The molecule has 0 saturated heterocycles. The molecule has 0 aromatic heterocycles. The van der Waals surface area contributed by atoms with Gasteiger partial charge in [0.25, 0.3) is 0 Å². The lowest BCUT2D eigenvalue weighted by Gasteiger charge is -2.23. The van der Waals surface area contributed by atoms with Gasteiger partial charge in [-0.25, -0.2) is 0 Å². The molecule has 0 spiro atoms. The summed E-state index contributed by atoms with van der Waals surface area (Å²) in [6, 6.07) is 7.80. The van der Waals surface area contributed by atoms with Crippen LogP contribution in [0.2, 0.25) is 0 Å². The van der Waals surface area contributed by atoms with Crippen LogP contribution in [0.15, 0.2) is 30.8 Å². The van der Waals surface area contributed by atoms with Gasteiger partial charge in [0.15, 0.2) is 0 Å². The first-order valence-corrected chi connectivity index (χ1v) is 3.79. The molecule has 2 nitrogen and oxygen atoms in total. The zero-order chi connectivity index (χ0) is 8.39. The van der Waals surface area contributed by atoms with Crippen LogP contribution in [0.25, 0.3) is 0 Å². The summed E-state index contributed by atoms with van der Waals surface area (Å²) in [6.45, 7) is 4.06. The van der Waals surface area contributed by atoms with E-state index in [4.69, 9.17) is 9.47 Å². The van der Waals surface area contributed by atoms with Gasteiger partial charge >= 0.3 is 0 Å². The number of hydrogen-bond donors (Lipinski definition) is 0. The molecular weight excluding hydrogens is 152 g/mol. The van der Waals surface area contributed by atoms with Crippen molar-refractivity contribution >= 4 is 0 Å². The summed E-state index contributed by atoms with van der Waals surface area (Å²) in [5.74, 6) is 0.866. The Bertz CT molecular complexity index is 294. The van der Waals surface area contributed by atoms with E-state index in [1.54, 1.807) is 0 Å². The third kappa shape index (κ3) is 1.21. The van der Waals surface area contributed by atoms with Crippen LogP contribution >= 0.6 is 0 Å². The molecule has 1 atom stereocenters. The zero-order valence-corrected chi connectivity index (χ0v) is 6.62. The number of rotatable bonds is 1. The third-order valence-electron chi connectivity index (χ3n) is 1.76. The highest BCUT2D eigenvalue weighted by Crippen LogP contribution is 2.25. The minimum Gasteiger partial charge on any atom is -0.460 e. The molecule has 1 aliphatic heterocycles. The van der Waals surface area contributed by atoms with E-state index in [0.717, 1.165) is 11.3 Å². The molecule has 0 aliphatic carbocycles. The van der Waals surface area contributed by atoms with Gasteiger partial charge in [-0.1, -0.05) is 24.8 Å². The standard InChI is InChI=1S/C10H9O2/c1-2-10-11-7-8-5-3-4-6-9(8)12-10/h3-6,10H,1,7H2. The van der Waals surface area contributed by atoms with E-state index >= 15 is 0 Å². The maximum absolute atomic E-state index is 5.39. The van der Waals surface area contributed by atoms with E-state index in [2.05, 4.69) is 12.7 Å². The molecule has 0 bridgehead atoms. The summed E-state index contributed by atoms with van der Waals surface area (Å²) in [5, 5.41) is 0. The Balaban J connectivity index is 2.28. The Morgan fingerprint density at radius 2 is 2.25 bits per heavy atom. The normalized spacial score (nSPS) is 20.8. The highest BCUT2D eigenvalue weighted by molar-refractivity contribution is 5.33. The van der Waals surface area contributed by atoms with Gasteiger partial charge in [-0.2, -0.15) is 0 Å². The molecule has 1 heterocycles. The summed E-state index contributed by atoms with van der Waals surface area (Å²) in [6.07, 6.45) is 2.23. The van der Waals surface area contributed by atoms with Crippen molar-refractivity contribution in [2.24, 2.45) is 0 Å². The largest absolute Gasteiger partial charge is 0.460 e. The third-order valence-corrected chi connectivity index (χ3v) is 1.76. The fraction of sp³-hybridized carbons (Fsp3) is 0.200. The lowest BCUT2D eigenvalue weighted by Crippen LogP contribution is -2.23. The molecule has 1 unspecified atom stereocenters. The van der Waals surface area contributed by atoms with E-state index in [9.17, 15) is 0 Å². The fourth-order valence-corrected chi connectivity index (χ4v) is 1.15. The first-order chi connectivity index (χ1) is 5.90. The summed E-state index contributed by atoms with van der Waals surface area (Å²) in [7, 11) is 0. The quantitative estimate of drug-likeness (QED) is 0.626. The highest BCUT2D eigenvalue weighted by Gasteiger charge is 2.16. The first-order valence-electron chi connectivity index (χ1n) is 3.79. The molecule has 61 valence electrons. The Kier molecular flexibility index (Phi) is 1.84. The minimum absolute atomic E-state index is 0.417. The van der Waals surface area contributed by atoms with Gasteiger partial charge in [-0.05, 0) is 6.07 Å². The van der Waals surface area contributed by atoms with Crippen molar-refractivity contribution < 1.29 is 9.47 Å². The topological polar surface area (TPSA) is 18.5 Å². The predicted octanol–water partition coefficient (Wildman–Crippen LogP) is 1.91. The molecule has 2 heteroatoms. The first kappa shape index (κ1) is 7.37. The van der Waals surface area contributed by atoms with Crippen LogP contribution in [-0.4, -0.2) is 6.29 Å². The maximum atomic E-state index is 5.39. The number of hydrogen-bond acceptors (Lipinski definition) is 2. The molecular formula is C10H9O2. The van der Waals surface area contributed by atoms with Gasteiger partial charge in [0.2, 0.25) is 6.29 Å². The molecule has 0 saturated carbocycles. The summed E-state index contributed by atoms with van der Waals surface area (Å²) < 4.78 is 10.6. The van der Waals surface area contributed by atoms with Crippen LogP contribution < -0.4 is 4.74 Å². The molecule has 1 aromatic carbocycles. The van der Waals surface area contributed by atoms with Gasteiger partial charge in [0.1, 0.15) is 5.75 Å². The van der Waals surface area contributed by atoms with Crippen LogP contribution in [0.5, 0.6) is 5.75 Å². The van der Waals surface area contributed by atoms with Gasteiger partial charge < -0.3 is 9.47 Å². The second-order valence-corrected chi connectivity index (χ2v) is 2.57. The van der Waals surface area contributed by atoms with E-state index < -0.39 is 6.29 Å². The average molecular weight is 161 g/mol. The van der Waals surface area contributed by atoms with Crippen molar-refractivity contribution in [1.29, 1.82) is 0 Å². The smallest absolute Gasteiger partial charge is 0.226 e. The van der Waals surface area contributed by atoms with Crippen molar-refractivity contribution in [1.82, 2.24) is 0 Å². The summed E-state index contributed by atoms with van der Waals surface area (Å²) in [4.78, 5) is 0. The van der Waals surface area contributed by atoms with Gasteiger partial charge in [0.05, 0.1) is 6.61 Å². The van der Waals surface area contributed by atoms with Gasteiger partial charge in [0, 0.05) is 11.6 Å². The van der Waals surface area contributed by atoms with Crippen molar-refractivity contribution in [2.75, 3.05) is 0 Å². The Labute approximate surface area is 71.4 Å². The van der Waals surface area contributed by atoms with Crippen LogP contribution in [0, 0.1) is 6.08 Å². The van der Waals surface area contributed by atoms with E-state index in [-0.39, 0.29) is 0 Å². The van der Waals surface area contributed by atoms with Crippen molar-refractivity contribution in [2.45, 2.75) is 12.9 Å². The van der Waals surface area contributed by atoms with Crippen molar-refractivity contribution in [3.63, 3.8) is 0 Å². The zero-order valence-electron chi connectivity index (χ0n) is 6.62. The second-order valence-electron chi connectivity index (χ2n) is 2.57. The average Bonchev–Trinajstić information content (AvgIpc) is 2.17. The number of ether oxygens (including phenoxy) is 2. The predicted molar refractivity (Wildman–Crippen MR) is 44.5 cm³/mol. The van der Waals surface area contributed by atoms with Crippen LogP contribution in [-0.2, 0) is 11.3 Å². The lowest BCUT2D eigenvalue weighted by molar-refractivity contribution is -0.0795. The maximum Gasteiger partial charge on any atom is 0.226 e. The van der Waals surface area contributed by atoms with Crippen LogP contribution in [0.3, 0.4) is 0 Å². The Morgan fingerprint density at radius 1 is 1.42 bits per heavy atom. The van der Waals surface area contributed by atoms with Crippen molar-refractivity contribution in [3.05, 3.63) is 42.5 Å². The highest BCUT2D eigenvalue weighted by atomic mass is 16.7. The molecule has 1 aromatic rings. The van der Waals surface area contributed by atoms with E-state index in [1.807, 2.05) is 24.3 Å². The monoisotopic (exact) mass is 161 g/mol. The summed E-state index contributed by atoms with van der Waals surface area (Å²) in [5.41, 5.74) is 1.07. The van der Waals surface area contributed by atoms with E-state index in [0.29, 0.717) is 6.61 Å². The molecule has 1 radical (unpaired) electrons. The Hall–Kier alpha value is -1.28. The van der Waals surface area contributed by atoms with Gasteiger partial charge in [-0.3, -0.25) is 0 Å². The molecule has 12 heavy (non-hydrogen) atoms. The SMILES string of the molecule is C=[C]C1OCc2ccccc2O1. The molecule has 0 fully saturated rings. The molecule has 0 N–H and O–H groups in total. The second kappa shape index (κ2) is 2.99. The Morgan fingerprint density at radius 3 is 3.08 bits per heavy atom. The van der Waals surface area contributed by atoms with Gasteiger partial charge in [-0.15, -0.1) is 0 Å². The van der Waals surface area contributed by atoms with Crippen molar-refractivity contribution in [3.8, 4) is 5.75 Å². The summed E-state index contributed by atoms with van der Waals surface area (Å²) >= 11 is 0. The van der Waals surface area contributed by atoms with E-state index in [1.165, 1.54) is 0 Å².